The van der Waals surface area contributed by atoms with E-state index in [4.69, 9.17) is 14.6 Å². The maximum atomic E-state index is 12.8. The van der Waals surface area contributed by atoms with Crippen molar-refractivity contribution in [2.75, 3.05) is 24.4 Å². The number of hydrogen-bond acceptors (Lipinski definition) is 10. The Kier molecular flexibility index (Phi) is 6.55. The molecule has 12 nitrogen and oxygen atoms in total. The number of carbonyl (C=O) groups excluding carboxylic acids is 1. The molecule has 4 fully saturated rings. The Morgan fingerprint density at radius 1 is 1.07 bits per heavy atom. The Bertz CT molecular complexity index is 1590. The second kappa shape index (κ2) is 10.4. The van der Waals surface area contributed by atoms with E-state index >= 15 is 0 Å². The van der Waals surface area contributed by atoms with Crippen molar-refractivity contribution in [2.45, 2.75) is 51.0 Å². The van der Waals surface area contributed by atoms with Crippen molar-refractivity contribution < 1.29 is 14.3 Å². The average molecular weight is 570 g/mol. The Morgan fingerprint density at radius 3 is 2.50 bits per heavy atom. The number of nitrogens with zero attached hydrogens (tertiary/aromatic N) is 7. The van der Waals surface area contributed by atoms with E-state index in [0.717, 1.165) is 23.4 Å². The summed E-state index contributed by atoms with van der Waals surface area (Å²) in [5.41, 5.74) is 2.43. The number of rotatable bonds is 9. The summed E-state index contributed by atoms with van der Waals surface area (Å²) in [6.45, 7) is 1.99. The molecule has 218 valence electrons. The fourth-order valence-electron chi connectivity index (χ4n) is 7.64. The minimum atomic E-state index is -0.525. The molecule has 0 amide bonds. The fraction of sp³-hybridized carbons (Fsp3) is 0.467. The molecule has 4 bridgehead atoms. The van der Waals surface area contributed by atoms with E-state index in [-0.39, 0.29) is 23.5 Å². The summed E-state index contributed by atoms with van der Waals surface area (Å²) in [6.07, 6.45) is 14.8. The monoisotopic (exact) mass is 569 g/mol. The molecule has 3 aromatic heterocycles. The van der Waals surface area contributed by atoms with Crippen molar-refractivity contribution >= 4 is 29.1 Å². The highest BCUT2D eigenvalue weighted by Crippen LogP contribution is 2.58. The first-order valence-corrected chi connectivity index (χ1v) is 14.6. The van der Waals surface area contributed by atoms with Gasteiger partial charge >= 0.3 is 5.97 Å². The van der Waals surface area contributed by atoms with Gasteiger partial charge in [0.2, 0.25) is 5.95 Å². The molecule has 0 saturated heterocycles. The third-order valence-corrected chi connectivity index (χ3v) is 8.93. The number of benzene rings is 1. The van der Waals surface area contributed by atoms with E-state index in [0.29, 0.717) is 28.8 Å². The Balaban J connectivity index is 1.18. The molecular weight excluding hydrogens is 534 g/mol. The molecule has 4 aliphatic carbocycles. The van der Waals surface area contributed by atoms with Crippen LogP contribution in [0.4, 0.5) is 23.1 Å². The first-order valence-electron chi connectivity index (χ1n) is 14.6. The van der Waals surface area contributed by atoms with Crippen molar-refractivity contribution in [2.24, 2.45) is 24.8 Å². The molecule has 4 aromatic rings. The maximum absolute atomic E-state index is 12.8. The van der Waals surface area contributed by atoms with Crippen LogP contribution < -0.4 is 15.4 Å². The van der Waals surface area contributed by atoms with Crippen LogP contribution in [0.3, 0.4) is 0 Å². The summed E-state index contributed by atoms with van der Waals surface area (Å²) in [4.78, 5) is 26.3. The first kappa shape index (κ1) is 26.4. The minimum absolute atomic E-state index is 0.125. The summed E-state index contributed by atoms with van der Waals surface area (Å²) < 4.78 is 14.9. The van der Waals surface area contributed by atoms with Gasteiger partial charge < -0.3 is 20.1 Å². The molecule has 0 atom stereocenters. The first-order chi connectivity index (χ1) is 20.4. The third-order valence-electron chi connectivity index (χ3n) is 8.93. The Labute approximate surface area is 243 Å². The van der Waals surface area contributed by atoms with Crippen molar-refractivity contribution in [3.8, 4) is 17.1 Å². The number of anilines is 4. The van der Waals surface area contributed by atoms with Gasteiger partial charge in [0.1, 0.15) is 11.9 Å². The number of ether oxygens (including phenoxy) is 2. The van der Waals surface area contributed by atoms with Crippen molar-refractivity contribution in [3.05, 3.63) is 48.7 Å². The van der Waals surface area contributed by atoms with Crippen molar-refractivity contribution in [1.29, 1.82) is 0 Å². The number of aryl methyl sites for hydroxylation is 1. The summed E-state index contributed by atoms with van der Waals surface area (Å²) in [5, 5.41) is 15.8. The quantitative estimate of drug-likeness (QED) is 0.263. The average Bonchev–Trinajstić information content (AvgIpc) is 3.62. The molecule has 0 radical (unpaired) electrons. The van der Waals surface area contributed by atoms with Gasteiger partial charge in [0, 0.05) is 19.4 Å². The standard InChI is InChI=1S/C30H35N9O3/c1-4-42-28(40)23-15-31-29(34-21-14-33-39(16-21)30-11-18-8-19(12-30)10-20(9-18)13-30)36-27(23)35-24-7-5-6-22(25(24)41-3)26-32-17-38(2)37-26/h5-7,14-20H,4,8-13H2,1-3H3,(H2,31,34,35,36)/t18-,19+,20-,30-. The van der Waals surface area contributed by atoms with Crippen molar-refractivity contribution in [3.63, 3.8) is 0 Å². The van der Waals surface area contributed by atoms with Crippen LogP contribution in [0.25, 0.3) is 11.4 Å². The zero-order valence-corrected chi connectivity index (χ0v) is 24.1. The van der Waals surface area contributed by atoms with Crippen LogP contribution in [-0.2, 0) is 17.3 Å². The van der Waals surface area contributed by atoms with Gasteiger partial charge in [-0.2, -0.15) is 15.2 Å². The lowest BCUT2D eigenvalue weighted by molar-refractivity contribution is -0.0493. The minimum Gasteiger partial charge on any atom is -0.494 e. The second-order valence-corrected chi connectivity index (χ2v) is 11.9. The predicted octanol–water partition coefficient (Wildman–Crippen LogP) is 5.07. The number of aromatic nitrogens is 7. The summed E-state index contributed by atoms with van der Waals surface area (Å²) >= 11 is 0. The second-order valence-electron chi connectivity index (χ2n) is 11.9. The lowest BCUT2D eigenvalue weighted by atomic mass is 9.53. The Hall–Kier alpha value is -4.48. The van der Waals surface area contributed by atoms with E-state index in [2.05, 4.69) is 41.6 Å². The molecule has 0 spiro atoms. The van der Waals surface area contributed by atoms with Crippen LogP contribution in [0.2, 0.25) is 0 Å². The van der Waals surface area contributed by atoms with Crippen LogP contribution in [0, 0.1) is 17.8 Å². The summed E-state index contributed by atoms with van der Waals surface area (Å²) in [7, 11) is 3.38. The predicted molar refractivity (Wildman–Crippen MR) is 156 cm³/mol. The fourth-order valence-corrected chi connectivity index (χ4v) is 7.64. The van der Waals surface area contributed by atoms with Gasteiger partial charge in [-0.05, 0) is 75.3 Å². The van der Waals surface area contributed by atoms with Gasteiger partial charge in [-0.25, -0.2) is 14.8 Å². The van der Waals surface area contributed by atoms with Gasteiger partial charge in [-0.1, -0.05) is 6.07 Å². The van der Waals surface area contributed by atoms with Gasteiger partial charge in [0.25, 0.3) is 0 Å². The SMILES string of the molecule is CCOC(=O)c1cnc(Nc2cnn([C@]34C[C@H]5C[C@H](C[C@H](C5)C3)C4)c2)nc1Nc1cccc(-c2ncn(C)n2)c1OC. The summed E-state index contributed by atoms with van der Waals surface area (Å²) in [5.74, 6) is 3.60. The lowest BCUT2D eigenvalue weighted by Crippen LogP contribution is -2.52. The number of nitrogens with one attached hydrogen (secondary N) is 2. The highest BCUT2D eigenvalue weighted by molar-refractivity contribution is 5.96. The molecular formula is C30H35N9O3. The normalized spacial score (nSPS) is 24.0. The highest BCUT2D eigenvalue weighted by atomic mass is 16.5. The largest absolute Gasteiger partial charge is 0.494 e. The van der Waals surface area contributed by atoms with E-state index in [1.165, 1.54) is 44.7 Å². The van der Waals surface area contributed by atoms with Gasteiger partial charge in [0.05, 0.1) is 42.4 Å². The number of esters is 1. The van der Waals surface area contributed by atoms with Gasteiger partial charge in [-0.15, -0.1) is 0 Å². The topological polar surface area (TPSA) is 134 Å². The number of hydrogen-bond donors (Lipinski definition) is 2. The number of para-hydroxylation sites is 1. The molecule has 4 aliphatic rings. The molecule has 0 unspecified atom stereocenters. The van der Waals surface area contributed by atoms with E-state index in [9.17, 15) is 4.79 Å². The molecule has 0 aliphatic heterocycles. The van der Waals surface area contributed by atoms with Gasteiger partial charge in [-0.3, -0.25) is 9.36 Å². The summed E-state index contributed by atoms with van der Waals surface area (Å²) in [6, 6.07) is 5.57. The number of methoxy groups -OCH3 is 1. The van der Waals surface area contributed by atoms with E-state index in [1.807, 2.05) is 24.4 Å². The van der Waals surface area contributed by atoms with E-state index in [1.54, 1.807) is 32.1 Å². The molecule has 2 N–H and O–H groups in total. The van der Waals surface area contributed by atoms with Crippen LogP contribution in [0.5, 0.6) is 5.75 Å². The Morgan fingerprint density at radius 2 is 1.83 bits per heavy atom. The molecule has 8 rings (SSSR count). The molecule has 12 heteroatoms. The van der Waals surface area contributed by atoms with Crippen LogP contribution in [-0.4, -0.2) is 54.2 Å². The zero-order valence-electron chi connectivity index (χ0n) is 24.1. The molecule has 1 aromatic carbocycles. The van der Waals surface area contributed by atoms with E-state index < -0.39 is 5.97 Å². The highest BCUT2D eigenvalue weighted by Gasteiger charge is 2.52. The zero-order chi connectivity index (χ0) is 28.8. The maximum Gasteiger partial charge on any atom is 0.343 e. The van der Waals surface area contributed by atoms with Crippen LogP contribution in [0.15, 0.2) is 43.1 Å². The molecule has 3 heterocycles. The lowest BCUT2D eigenvalue weighted by Gasteiger charge is -2.56. The van der Waals surface area contributed by atoms with Crippen LogP contribution >= 0.6 is 0 Å². The third kappa shape index (κ3) is 4.74. The van der Waals surface area contributed by atoms with Crippen molar-refractivity contribution in [1.82, 2.24) is 34.5 Å². The van der Waals surface area contributed by atoms with Crippen LogP contribution in [0.1, 0.15) is 55.8 Å². The molecule has 4 saturated carbocycles. The molecule has 42 heavy (non-hydrogen) atoms. The van der Waals surface area contributed by atoms with Gasteiger partial charge in [0.15, 0.2) is 17.4 Å². The smallest absolute Gasteiger partial charge is 0.343 e. The number of carbonyl (C=O) groups is 1.